The fourth-order valence-corrected chi connectivity index (χ4v) is 2.75. The summed E-state index contributed by atoms with van der Waals surface area (Å²) in [6.45, 7) is 8.19. The van der Waals surface area contributed by atoms with Gasteiger partial charge in [0.2, 0.25) is 11.8 Å². The van der Waals surface area contributed by atoms with Gasteiger partial charge in [-0.25, -0.2) is 0 Å². The summed E-state index contributed by atoms with van der Waals surface area (Å²) in [7, 11) is 3.13. The lowest BCUT2D eigenvalue weighted by Crippen LogP contribution is -2.49. The Bertz CT molecular complexity index is 717. The summed E-state index contributed by atoms with van der Waals surface area (Å²) in [5, 5.41) is 5.77. The Balaban J connectivity index is 2.79. The van der Waals surface area contributed by atoms with E-state index >= 15 is 0 Å². The van der Waals surface area contributed by atoms with Crippen molar-refractivity contribution < 1.29 is 19.1 Å². The third-order valence-corrected chi connectivity index (χ3v) is 4.09. The topological polar surface area (TPSA) is 115 Å². The molecule has 1 aromatic rings. The van der Waals surface area contributed by atoms with Gasteiger partial charge >= 0.3 is 0 Å². The Kier molecular flexibility index (Phi) is 9.99. The molecular weight excluding hydrogens is 372 g/mol. The second-order valence-corrected chi connectivity index (χ2v) is 7.72. The number of nitrogens with two attached hydrogens (primary N) is 1. The zero-order chi connectivity index (χ0) is 22.0. The van der Waals surface area contributed by atoms with Crippen LogP contribution in [0.4, 0.5) is 0 Å². The highest BCUT2D eigenvalue weighted by Gasteiger charge is 2.21. The van der Waals surface area contributed by atoms with Crippen LogP contribution in [-0.4, -0.2) is 38.0 Å². The maximum absolute atomic E-state index is 12.7. The number of nitrogens with one attached hydrogen (secondary N) is 2. The molecule has 1 atom stereocenters. The summed E-state index contributed by atoms with van der Waals surface area (Å²) in [5.74, 6) is 1.09. The predicted octanol–water partition coefficient (Wildman–Crippen LogP) is 2.21. The van der Waals surface area contributed by atoms with Crippen LogP contribution < -0.4 is 25.8 Å². The Morgan fingerprint density at radius 2 is 1.72 bits per heavy atom. The van der Waals surface area contributed by atoms with E-state index in [9.17, 15) is 9.59 Å². The van der Waals surface area contributed by atoms with E-state index in [1.807, 2.05) is 39.8 Å². The van der Waals surface area contributed by atoms with E-state index in [4.69, 9.17) is 15.2 Å². The molecule has 8 heteroatoms. The van der Waals surface area contributed by atoms with Gasteiger partial charge in [0.05, 0.1) is 14.2 Å². The van der Waals surface area contributed by atoms with E-state index in [1.54, 1.807) is 20.3 Å². The van der Waals surface area contributed by atoms with E-state index in [1.165, 1.54) is 0 Å². The van der Waals surface area contributed by atoms with Gasteiger partial charge in [0.25, 0.3) is 0 Å². The van der Waals surface area contributed by atoms with Gasteiger partial charge in [0, 0.05) is 13.0 Å². The number of hydrogen-bond donors (Lipinski definition) is 3. The van der Waals surface area contributed by atoms with Crippen molar-refractivity contribution in [3.8, 4) is 11.5 Å². The van der Waals surface area contributed by atoms with Gasteiger partial charge in [0.15, 0.2) is 17.5 Å². The number of methoxy groups -OCH3 is 2. The maximum Gasteiger partial charge on any atom is 0.249 e. The van der Waals surface area contributed by atoms with Crippen LogP contribution in [0.2, 0.25) is 0 Å². The molecule has 8 nitrogen and oxygen atoms in total. The minimum absolute atomic E-state index is 0.0393. The molecular formula is C21H34N4O4. The van der Waals surface area contributed by atoms with Gasteiger partial charge < -0.3 is 25.8 Å². The summed E-state index contributed by atoms with van der Waals surface area (Å²) in [4.78, 5) is 28.4. The first-order valence-electron chi connectivity index (χ1n) is 9.78. The highest BCUT2D eigenvalue weighted by atomic mass is 16.5. The number of benzene rings is 1. The number of carbonyl (C=O) groups is 2. The summed E-state index contributed by atoms with van der Waals surface area (Å²) < 4.78 is 10.5. The Morgan fingerprint density at radius 1 is 1.07 bits per heavy atom. The molecule has 0 aliphatic heterocycles. The van der Waals surface area contributed by atoms with Crippen molar-refractivity contribution in [2.75, 3.05) is 14.2 Å². The molecule has 0 aliphatic rings. The van der Waals surface area contributed by atoms with Crippen molar-refractivity contribution in [3.05, 3.63) is 23.8 Å². The number of guanidine groups is 1. The lowest BCUT2D eigenvalue weighted by molar-refractivity contribution is -0.123. The van der Waals surface area contributed by atoms with Gasteiger partial charge in [0.1, 0.15) is 6.04 Å². The van der Waals surface area contributed by atoms with Crippen molar-refractivity contribution in [2.24, 2.45) is 22.6 Å². The average molecular weight is 407 g/mol. The van der Waals surface area contributed by atoms with Gasteiger partial charge in [-0.05, 0) is 36.0 Å². The van der Waals surface area contributed by atoms with Crippen LogP contribution in [0.5, 0.6) is 11.5 Å². The fraction of sp³-hybridized carbons (Fsp3) is 0.571. The largest absolute Gasteiger partial charge is 0.493 e. The van der Waals surface area contributed by atoms with E-state index in [2.05, 4.69) is 15.6 Å². The van der Waals surface area contributed by atoms with Crippen LogP contribution in [-0.2, 0) is 16.1 Å². The van der Waals surface area contributed by atoms with Crippen molar-refractivity contribution in [2.45, 2.75) is 53.1 Å². The Hall–Kier alpha value is -2.77. The summed E-state index contributed by atoms with van der Waals surface area (Å²) in [5.41, 5.74) is 6.72. The molecule has 29 heavy (non-hydrogen) atoms. The van der Waals surface area contributed by atoms with Gasteiger partial charge in [-0.15, -0.1) is 0 Å². The second kappa shape index (κ2) is 11.9. The highest BCUT2D eigenvalue weighted by Crippen LogP contribution is 2.27. The zero-order valence-electron chi connectivity index (χ0n) is 18.2. The van der Waals surface area contributed by atoms with Crippen molar-refractivity contribution in [1.82, 2.24) is 10.6 Å². The Morgan fingerprint density at radius 3 is 2.28 bits per heavy atom. The van der Waals surface area contributed by atoms with Crippen LogP contribution >= 0.6 is 0 Å². The molecule has 162 valence electrons. The number of ether oxygens (including phenoxy) is 2. The van der Waals surface area contributed by atoms with Crippen molar-refractivity contribution >= 4 is 17.8 Å². The fourth-order valence-electron chi connectivity index (χ4n) is 2.75. The van der Waals surface area contributed by atoms with Gasteiger partial charge in [-0.2, -0.15) is 4.99 Å². The number of aliphatic imine (C=N–C) groups is 1. The monoisotopic (exact) mass is 406 g/mol. The van der Waals surface area contributed by atoms with E-state index in [-0.39, 0.29) is 29.6 Å². The molecule has 0 radical (unpaired) electrons. The van der Waals surface area contributed by atoms with Crippen molar-refractivity contribution in [1.29, 1.82) is 0 Å². The quantitative estimate of drug-likeness (QED) is 0.405. The molecule has 0 heterocycles. The lowest BCUT2D eigenvalue weighted by atomic mass is 10.0. The molecule has 2 amide bonds. The molecule has 0 bridgehead atoms. The lowest BCUT2D eigenvalue weighted by Gasteiger charge is -2.20. The number of carbonyl (C=O) groups excluding carboxylic acids is 2. The SMILES string of the molecule is COc1ccc(CNC(=O)C(CC(C)C)NC(N)=NC(=O)CC(C)C)cc1OC. The van der Waals surface area contributed by atoms with Crippen LogP contribution in [0.15, 0.2) is 23.2 Å². The maximum atomic E-state index is 12.7. The highest BCUT2D eigenvalue weighted by molar-refractivity contribution is 5.95. The summed E-state index contributed by atoms with van der Waals surface area (Å²) >= 11 is 0. The van der Waals surface area contributed by atoms with Crippen LogP contribution in [0.25, 0.3) is 0 Å². The average Bonchev–Trinajstić information content (AvgIpc) is 2.63. The molecule has 1 aromatic carbocycles. The van der Waals surface area contributed by atoms with Crippen LogP contribution in [0.3, 0.4) is 0 Å². The minimum atomic E-state index is -0.592. The van der Waals surface area contributed by atoms with Gasteiger partial charge in [-0.1, -0.05) is 33.8 Å². The zero-order valence-corrected chi connectivity index (χ0v) is 18.2. The normalized spacial score (nSPS) is 12.6. The number of rotatable bonds is 10. The molecule has 0 spiro atoms. The van der Waals surface area contributed by atoms with E-state index in [0.29, 0.717) is 30.9 Å². The first-order chi connectivity index (χ1) is 13.7. The predicted molar refractivity (Wildman–Crippen MR) is 114 cm³/mol. The third kappa shape index (κ3) is 8.85. The number of nitrogens with zero attached hydrogens (tertiary/aromatic N) is 1. The molecule has 0 aromatic heterocycles. The minimum Gasteiger partial charge on any atom is -0.493 e. The summed E-state index contributed by atoms with van der Waals surface area (Å²) in [6, 6.07) is 4.86. The molecule has 0 aliphatic carbocycles. The second-order valence-electron chi connectivity index (χ2n) is 7.72. The number of amides is 2. The smallest absolute Gasteiger partial charge is 0.249 e. The molecule has 4 N–H and O–H groups in total. The van der Waals surface area contributed by atoms with E-state index in [0.717, 1.165) is 5.56 Å². The molecule has 0 saturated carbocycles. The van der Waals surface area contributed by atoms with E-state index < -0.39 is 6.04 Å². The molecule has 0 saturated heterocycles. The summed E-state index contributed by atoms with van der Waals surface area (Å²) in [6.07, 6.45) is 0.856. The van der Waals surface area contributed by atoms with Crippen LogP contribution in [0, 0.1) is 11.8 Å². The Labute approximate surface area is 173 Å². The third-order valence-electron chi connectivity index (χ3n) is 4.09. The van der Waals surface area contributed by atoms with Crippen molar-refractivity contribution in [3.63, 3.8) is 0 Å². The first-order valence-corrected chi connectivity index (χ1v) is 9.78. The molecule has 1 unspecified atom stereocenters. The molecule has 1 rings (SSSR count). The van der Waals surface area contributed by atoms with Crippen LogP contribution in [0.1, 0.15) is 46.1 Å². The number of hydrogen-bond acceptors (Lipinski definition) is 4. The molecule has 0 fully saturated rings. The van der Waals surface area contributed by atoms with Gasteiger partial charge in [-0.3, -0.25) is 9.59 Å². The first kappa shape index (κ1) is 24.3. The standard InChI is InChI=1S/C21H34N4O4/c1-13(2)9-16(24-21(22)25-19(26)10-14(3)4)20(27)23-12-15-7-8-17(28-5)18(11-15)29-6/h7-8,11,13-14,16H,9-10,12H2,1-6H3,(H,23,27)(H3,22,24,25,26).